The van der Waals surface area contributed by atoms with Gasteiger partial charge in [-0.1, -0.05) is 36.1 Å². The van der Waals surface area contributed by atoms with E-state index in [1.165, 1.54) is 28.2 Å². The quantitative estimate of drug-likeness (QED) is 0.618. The van der Waals surface area contributed by atoms with Crippen molar-refractivity contribution in [1.29, 1.82) is 0 Å². The summed E-state index contributed by atoms with van der Waals surface area (Å²) < 4.78 is 40.2. The number of nitrogens with one attached hydrogen (secondary N) is 1. The number of thioether (sulfide) groups is 1. The van der Waals surface area contributed by atoms with E-state index in [2.05, 4.69) is 20.5 Å². The lowest BCUT2D eigenvalue weighted by atomic mass is 10.2. The van der Waals surface area contributed by atoms with Crippen molar-refractivity contribution in [2.24, 2.45) is 0 Å². The number of imidazole rings is 1. The molecule has 142 valence electrons. The topological polar surface area (TPSA) is 72.7 Å². The highest BCUT2D eigenvalue weighted by Crippen LogP contribution is 2.31. The van der Waals surface area contributed by atoms with Crippen LogP contribution < -0.4 is 5.32 Å². The average molecular weight is 413 g/mol. The highest BCUT2D eigenvalue weighted by Gasteiger charge is 2.30. The molecule has 0 spiro atoms. The van der Waals surface area contributed by atoms with Gasteiger partial charge >= 0.3 is 6.18 Å². The molecule has 2 aromatic heterocycles. The zero-order valence-corrected chi connectivity index (χ0v) is 15.7. The molecule has 1 amide bonds. The largest absolute Gasteiger partial charge is 0.416 e. The minimum atomic E-state index is -4.43. The van der Waals surface area contributed by atoms with Crippen LogP contribution in [0.2, 0.25) is 0 Å². The number of carbonyl (C=O) groups excluding carboxylic acids is 1. The molecule has 0 aliphatic heterocycles. The molecule has 3 rings (SSSR count). The maximum atomic E-state index is 12.9. The van der Waals surface area contributed by atoms with Crippen LogP contribution in [0, 0.1) is 0 Å². The molecule has 0 saturated carbocycles. The number of benzene rings is 1. The highest BCUT2D eigenvalue weighted by molar-refractivity contribution is 7.99. The summed E-state index contributed by atoms with van der Waals surface area (Å²) in [6.45, 7) is 1.94. The van der Waals surface area contributed by atoms with Crippen LogP contribution in [-0.4, -0.2) is 31.4 Å². The number of rotatable bonds is 6. The molecule has 0 fully saturated rings. The number of amides is 1. The van der Waals surface area contributed by atoms with Crippen LogP contribution in [0.3, 0.4) is 0 Å². The van der Waals surface area contributed by atoms with Gasteiger partial charge in [0.15, 0.2) is 5.16 Å². The number of alkyl halides is 3. The number of aromatic nitrogens is 4. The zero-order valence-electron chi connectivity index (χ0n) is 14.0. The molecule has 0 atom stereocenters. The lowest BCUT2D eigenvalue weighted by Gasteiger charge is -2.11. The lowest BCUT2D eigenvalue weighted by molar-refractivity contribution is -0.137. The van der Waals surface area contributed by atoms with E-state index in [0.717, 1.165) is 35.3 Å². The Labute approximate surface area is 160 Å². The number of nitrogens with zero attached hydrogens (tertiary/aromatic N) is 4. The summed E-state index contributed by atoms with van der Waals surface area (Å²) in [5.41, 5.74) is -0.424. The first kappa shape index (κ1) is 19.4. The van der Waals surface area contributed by atoms with Crippen LogP contribution in [0.5, 0.6) is 0 Å². The first-order chi connectivity index (χ1) is 12.9. The monoisotopic (exact) mass is 413 g/mol. The van der Waals surface area contributed by atoms with E-state index < -0.39 is 11.7 Å². The van der Waals surface area contributed by atoms with Crippen molar-refractivity contribution in [3.05, 3.63) is 47.2 Å². The Hall–Kier alpha value is -2.40. The summed E-state index contributed by atoms with van der Waals surface area (Å²) in [6, 6.07) is 4.93. The van der Waals surface area contributed by atoms with Gasteiger partial charge in [-0.25, -0.2) is 4.98 Å². The summed E-state index contributed by atoms with van der Waals surface area (Å²) in [6.07, 6.45) is -0.674. The van der Waals surface area contributed by atoms with Crippen molar-refractivity contribution in [1.82, 2.24) is 19.7 Å². The second-order valence-corrected chi connectivity index (χ2v) is 7.32. The van der Waals surface area contributed by atoms with E-state index in [1.807, 2.05) is 6.92 Å². The van der Waals surface area contributed by atoms with Gasteiger partial charge in [-0.3, -0.25) is 14.7 Å². The van der Waals surface area contributed by atoms with Crippen molar-refractivity contribution in [2.75, 3.05) is 11.1 Å². The molecule has 0 radical (unpaired) electrons. The summed E-state index contributed by atoms with van der Waals surface area (Å²) in [7, 11) is 0. The maximum Gasteiger partial charge on any atom is 0.416 e. The molecule has 27 heavy (non-hydrogen) atoms. The Bertz CT molecular complexity index is 938. The molecule has 0 saturated heterocycles. The molecule has 11 heteroatoms. The van der Waals surface area contributed by atoms with Crippen molar-refractivity contribution >= 4 is 34.1 Å². The van der Waals surface area contributed by atoms with Crippen LogP contribution in [-0.2, 0) is 17.4 Å². The third-order valence-electron chi connectivity index (χ3n) is 3.41. The molecule has 0 aliphatic carbocycles. The normalized spacial score (nSPS) is 11.6. The van der Waals surface area contributed by atoms with Gasteiger partial charge in [0.25, 0.3) is 0 Å². The predicted molar refractivity (Wildman–Crippen MR) is 97.2 cm³/mol. The Balaban J connectivity index is 1.68. The third-order valence-corrected chi connectivity index (χ3v) is 5.36. The second kappa shape index (κ2) is 8.09. The molecular formula is C16H14F3N5OS2. The maximum absolute atomic E-state index is 12.9. The van der Waals surface area contributed by atoms with Gasteiger partial charge in [0.2, 0.25) is 11.0 Å². The Morgan fingerprint density at radius 2 is 2.15 bits per heavy atom. The van der Waals surface area contributed by atoms with Gasteiger partial charge in [-0.05, 0) is 24.6 Å². The van der Waals surface area contributed by atoms with Crippen LogP contribution in [0.15, 0.2) is 41.8 Å². The minimum absolute atomic E-state index is 0.0387. The fraction of sp³-hybridized carbons (Fsp3) is 0.250. The summed E-state index contributed by atoms with van der Waals surface area (Å²) in [5, 5.41) is 12.1. The molecule has 6 nitrogen and oxygen atoms in total. The summed E-state index contributed by atoms with van der Waals surface area (Å²) in [4.78, 5) is 16.2. The molecule has 0 aliphatic rings. The minimum Gasteiger partial charge on any atom is -0.300 e. The lowest BCUT2D eigenvalue weighted by Crippen LogP contribution is -2.14. The van der Waals surface area contributed by atoms with Crippen molar-refractivity contribution in [3.8, 4) is 5.69 Å². The number of hydrogen-bond acceptors (Lipinski definition) is 6. The zero-order chi connectivity index (χ0) is 19.4. The number of hydrogen-bond donors (Lipinski definition) is 1. The number of aryl methyl sites for hydroxylation is 1. The van der Waals surface area contributed by atoms with Crippen molar-refractivity contribution in [2.45, 2.75) is 24.7 Å². The predicted octanol–water partition coefficient (Wildman–Crippen LogP) is 4.04. The molecule has 1 aromatic carbocycles. The van der Waals surface area contributed by atoms with Gasteiger partial charge in [-0.15, -0.1) is 10.2 Å². The van der Waals surface area contributed by atoms with Gasteiger partial charge < -0.3 is 0 Å². The average Bonchev–Trinajstić information content (AvgIpc) is 3.28. The van der Waals surface area contributed by atoms with E-state index in [4.69, 9.17) is 0 Å². The Kier molecular flexibility index (Phi) is 5.80. The molecule has 0 bridgehead atoms. The second-order valence-electron chi connectivity index (χ2n) is 5.32. The third kappa shape index (κ3) is 4.86. The van der Waals surface area contributed by atoms with Crippen LogP contribution in [0.25, 0.3) is 5.69 Å². The number of halogens is 3. The summed E-state index contributed by atoms with van der Waals surface area (Å²) >= 11 is 2.41. The first-order valence-electron chi connectivity index (χ1n) is 7.83. The fourth-order valence-electron chi connectivity index (χ4n) is 2.16. The molecule has 1 N–H and O–H groups in total. The highest BCUT2D eigenvalue weighted by atomic mass is 32.2. The number of anilines is 1. The first-order valence-corrected chi connectivity index (χ1v) is 9.63. The van der Waals surface area contributed by atoms with Gasteiger partial charge in [0.05, 0.1) is 11.3 Å². The van der Waals surface area contributed by atoms with E-state index in [-0.39, 0.29) is 11.7 Å². The van der Waals surface area contributed by atoms with Crippen LogP contribution in [0.1, 0.15) is 17.5 Å². The molecular weight excluding hydrogens is 399 g/mol. The molecule has 2 heterocycles. The number of carbonyl (C=O) groups is 1. The van der Waals surface area contributed by atoms with Crippen molar-refractivity contribution in [3.63, 3.8) is 0 Å². The SMILES string of the molecule is CCc1nnc(NC(=O)CSc2nccn2-c2cccc(C(F)(F)F)c2)s1. The van der Waals surface area contributed by atoms with E-state index in [0.29, 0.717) is 16.0 Å². The van der Waals surface area contributed by atoms with Crippen molar-refractivity contribution < 1.29 is 18.0 Å². The standard InChI is InChI=1S/C16H14F3N5OS2/c1-2-13-22-23-14(27-13)21-12(25)9-26-15-20-6-7-24(15)11-5-3-4-10(8-11)16(17,18)19/h3-8H,2,9H2,1H3,(H,21,23,25). The van der Waals surface area contributed by atoms with Crippen LogP contribution >= 0.6 is 23.1 Å². The summed E-state index contributed by atoms with van der Waals surface area (Å²) in [5.74, 6) is -0.255. The molecule has 0 unspecified atom stereocenters. The van der Waals surface area contributed by atoms with Crippen LogP contribution in [0.4, 0.5) is 18.3 Å². The van der Waals surface area contributed by atoms with E-state index >= 15 is 0 Å². The van der Waals surface area contributed by atoms with E-state index in [1.54, 1.807) is 12.3 Å². The molecule has 3 aromatic rings. The van der Waals surface area contributed by atoms with E-state index in [9.17, 15) is 18.0 Å². The Morgan fingerprint density at radius 1 is 1.33 bits per heavy atom. The fourth-order valence-corrected chi connectivity index (χ4v) is 3.63. The smallest absolute Gasteiger partial charge is 0.300 e. The van der Waals surface area contributed by atoms with Gasteiger partial charge in [-0.2, -0.15) is 13.2 Å². The van der Waals surface area contributed by atoms with Gasteiger partial charge in [0, 0.05) is 18.1 Å². The van der Waals surface area contributed by atoms with Gasteiger partial charge in [0.1, 0.15) is 5.01 Å². The Morgan fingerprint density at radius 3 is 2.85 bits per heavy atom.